The minimum Gasteiger partial charge on any atom is -0.493 e. The van der Waals surface area contributed by atoms with Crippen molar-refractivity contribution in [2.24, 2.45) is 0 Å². The molecular weight excluding hydrogens is 322 g/mol. The fourth-order valence-corrected chi connectivity index (χ4v) is 2.03. The Bertz CT molecular complexity index is 827. The molecule has 1 heterocycles. The van der Waals surface area contributed by atoms with E-state index in [0.717, 1.165) is 5.56 Å². The number of amides is 2. The Kier molecular flexibility index (Phi) is 6.53. The molecule has 0 saturated heterocycles. The molecule has 0 fully saturated rings. The molecule has 2 N–H and O–H groups in total. The maximum atomic E-state index is 11.8. The molecule has 0 bridgehead atoms. The average Bonchev–Trinajstić information content (AvgIpc) is 2.61. The first-order chi connectivity index (χ1) is 12.1. The third-order valence-electron chi connectivity index (χ3n) is 3.17. The summed E-state index contributed by atoms with van der Waals surface area (Å²) in [5.41, 5.74) is 4.97. The fourth-order valence-electron chi connectivity index (χ4n) is 2.03. The SMILES string of the molecule is CCOc1ccccc1/C=C/C(=O)NNC(=O)Cn1ccccc1=O. The van der Waals surface area contributed by atoms with Crippen LogP contribution in [0.3, 0.4) is 0 Å². The van der Waals surface area contributed by atoms with Gasteiger partial charge >= 0.3 is 0 Å². The largest absolute Gasteiger partial charge is 0.493 e. The molecule has 7 nitrogen and oxygen atoms in total. The van der Waals surface area contributed by atoms with Gasteiger partial charge in [-0.2, -0.15) is 0 Å². The van der Waals surface area contributed by atoms with Crippen molar-refractivity contribution in [3.63, 3.8) is 0 Å². The van der Waals surface area contributed by atoms with E-state index in [9.17, 15) is 14.4 Å². The van der Waals surface area contributed by atoms with Crippen LogP contribution < -0.4 is 21.1 Å². The van der Waals surface area contributed by atoms with Crippen LogP contribution in [-0.4, -0.2) is 23.0 Å². The molecule has 7 heteroatoms. The minimum atomic E-state index is -0.509. The maximum absolute atomic E-state index is 11.8. The topological polar surface area (TPSA) is 89.4 Å². The summed E-state index contributed by atoms with van der Waals surface area (Å²) in [6.07, 6.45) is 4.37. The Balaban J connectivity index is 1.87. The minimum absolute atomic E-state index is 0.184. The van der Waals surface area contributed by atoms with Gasteiger partial charge in [-0.1, -0.05) is 24.3 Å². The predicted octanol–water partition coefficient (Wildman–Crippen LogP) is 1.11. The third kappa shape index (κ3) is 5.65. The summed E-state index contributed by atoms with van der Waals surface area (Å²) in [4.78, 5) is 35.1. The first-order valence-corrected chi connectivity index (χ1v) is 7.74. The van der Waals surface area contributed by atoms with Crippen molar-refractivity contribution in [3.8, 4) is 5.75 Å². The molecule has 1 aromatic carbocycles. The Morgan fingerprint density at radius 3 is 2.64 bits per heavy atom. The summed E-state index contributed by atoms with van der Waals surface area (Å²) in [6.45, 7) is 2.21. The molecule has 0 atom stereocenters. The maximum Gasteiger partial charge on any atom is 0.262 e. The van der Waals surface area contributed by atoms with E-state index in [2.05, 4.69) is 10.9 Å². The van der Waals surface area contributed by atoms with Crippen LogP contribution in [0.1, 0.15) is 12.5 Å². The van der Waals surface area contributed by atoms with Gasteiger partial charge < -0.3 is 9.30 Å². The van der Waals surface area contributed by atoms with Gasteiger partial charge in [0.2, 0.25) is 0 Å². The standard InChI is InChI=1S/C18H19N3O4/c1-2-25-15-8-4-3-7-14(15)10-11-16(22)19-20-17(23)13-21-12-6-5-9-18(21)24/h3-12H,2,13H2,1H3,(H,19,22)(H,20,23)/b11-10+. The van der Waals surface area contributed by atoms with E-state index in [-0.39, 0.29) is 12.1 Å². The van der Waals surface area contributed by atoms with E-state index < -0.39 is 11.8 Å². The molecular formula is C18H19N3O4. The molecule has 2 amide bonds. The highest BCUT2D eigenvalue weighted by Crippen LogP contribution is 2.19. The summed E-state index contributed by atoms with van der Waals surface area (Å²) in [5.74, 6) is -0.341. The smallest absolute Gasteiger partial charge is 0.262 e. The first kappa shape index (κ1) is 18.0. The molecule has 0 aliphatic heterocycles. The van der Waals surface area contributed by atoms with Gasteiger partial charge in [0.05, 0.1) is 6.61 Å². The number of carbonyl (C=O) groups is 2. The number of hydrogen-bond donors (Lipinski definition) is 2. The Morgan fingerprint density at radius 1 is 1.12 bits per heavy atom. The van der Waals surface area contributed by atoms with Crippen LogP contribution in [0.5, 0.6) is 5.75 Å². The summed E-state index contributed by atoms with van der Waals surface area (Å²) < 4.78 is 6.69. The highest BCUT2D eigenvalue weighted by atomic mass is 16.5. The van der Waals surface area contributed by atoms with Gasteiger partial charge in [-0.15, -0.1) is 0 Å². The summed E-state index contributed by atoms with van der Waals surface area (Å²) in [6, 6.07) is 11.9. The number of nitrogens with zero attached hydrogens (tertiary/aromatic N) is 1. The molecule has 25 heavy (non-hydrogen) atoms. The summed E-state index contributed by atoms with van der Waals surface area (Å²) >= 11 is 0. The molecule has 2 rings (SSSR count). The lowest BCUT2D eigenvalue weighted by Crippen LogP contribution is -2.43. The second-order valence-corrected chi connectivity index (χ2v) is 5.01. The van der Waals surface area contributed by atoms with Gasteiger partial charge in [0.25, 0.3) is 17.4 Å². The molecule has 0 unspecified atom stereocenters. The Morgan fingerprint density at radius 2 is 1.88 bits per heavy atom. The zero-order valence-corrected chi connectivity index (χ0v) is 13.8. The number of carbonyl (C=O) groups excluding carboxylic acids is 2. The monoisotopic (exact) mass is 341 g/mol. The molecule has 130 valence electrons. The average molecular weight is 341 g/mol. The zero-order valence-electron chi connectivity index (χ0n) is 13.8. The van der Waals surface area contributed by atoms with Crippen LogP contribution in [0.2, 0.25) is 0 Å². The van der Waals surface area contributed by atoms with E-state index in [1.54, 1.807) is 24.3 Å². The van der Waals surface area contributed by atoms with Crippen molar-refractivity contribution < 1.29 is 14.3 Å². The molecule has 0 saturated carbocycles. The second kappa shape index (κ2) is 9.07. The van der Waals surface area contributed by atoms with E-state index in [1.165, 1.54) is 22.9 Å². The molecule has 2 aromatic rings. The molecule has 0 aliphatic carbocycles. The molecule has 1 aromatic heterocycles. The van der Waals surface area contributed by atoms with Crippen molar-refractivity contribution in [2.75, 3.05) is 6.61 Å². The van der Waals surface area contributed by atoms with Crippen LogP contribution in [0, 0.1) is 0 Å². The second-order valence-electron chi connectivity index (χ2n) is 5.01. The summed E-state index contributed by atoms with van der Waals surface area (Å²) in [7, 11) is 0. The van der Waals surface area contributed by atoms with Crippen LogP contribution in [0.25, 0.3) is 6.08 Å². The molecule has 0 spiro atoms. The Hall–Kier alpha value is -3.35. The van der Waals surface area contributed by atoms with E-state index in [0.29, 0.717) is 12.4 Å². The number of rotatable bonds is 6. The summed E-state index contributed by atoms with van der Waals surface area (Å²) in [5, 5.41) is 0. The highest BCUT2D eigenvalue weighted by Gasteiger charge is 2.05. The number of hydrogen-bond acceptors (Lipinski definition) is 4. The van der Waals surface area contributed by atoms with Crippen LogP contribution >= 0.6 is 0 Å². The first-order valence-electron chi connectivity index (χ1n) is 7.74. The lowest BCUT2D eigenvalue weighted by molar-refractivity contribution is -0.127. The quantitative estimate of drug-likeness (QED) is 0.608. The zero-order chi connectivity index (χ0) is 18.1. The van der Waals surface area contributed by atoms with E-state index >= 15 is 0 Å². The lowest BCUT2D eigenvalue weighted by Gasteiger charge is -2.08. The number of pyridine rings is 1. The number of ether oxygens (including phenoxy) is 1. The van der Waals surface area contributed by atoms with E-state index in [4.69, 9.17) is 4.74 Å². The number of benzene rings is 1. The molecule has 0 radical (unpaired) electrons. The number of nitrogens with one attached hydrogen (secondary N) is 2. The number of aromatic nitrogens is 1. The van der Waals surface area contributed by atoms with Gasteiger partial charge in [-0.25, -0.2) is 0 Å². The van der Waals surface area contributed by atoms with Gasteiger partial charge in [0, 0.05) is 23.9 Å². The van der Waals surface area contributed by atoms with Crippen molar-refractivity contribution in [1.29, 1.82) is 0 Å². The Labute approximate surface area is 144 Å². The van der Waals surface area contributed by atoms with Gasteiger partial charge in [-0.3, -0.25) is 25.2 Å². The van der Waals surface area contributed by atoms with Gasteiger partial charge in [-0.05, 0) is 25.1 Å². The van der Waals surface area contributed by atoms with Crippen LogP contribution in [-0.2, 0) is 16.1 Å². The van der Waals surface area contributed by atoms with Gasteiger partial charge in [0.15, 0.2) is 0 Å². The van der Waals surface area contributed by atoms with Crippen molar-refractivity contribution in [2.45, 2.75) is 13.5 Å². The highest BCUT2D eigenvalue weighted by molar-refractivity contribution is 5.93. The van der Waals surface area contributed by atoms with E-state index in [1.807, 2.05) is 25.1 Å². The lowest BCUT2D eigenvalue weighted by atomic mass is 10.2. The van der Waals surface area contributed by atoms with Crippen LogP contribution in [0.4, 0.5) is 0 Å². The van der Waals surface area contributed by atoms with Crippen molar-refractivity contribution in [1.82, 2.24) is 15.4 Å². The molecule has 0 aliphatic rings. The number of para-hydroxylation sites is 1. The fraction of sp³-hybridized carbons (Fsp3) is 0.167. The van der Waals surface area contributed by atoms with Crippen molar-refractivity contribution in [3.05, 3.63) is 70.7 Å². The van der Waals surface area contributed by atoms with Crippen LogP contribution in [0.15, 0.2) is 59.5 Å². The van der Waals surface area contributed by atoms with Gasteiger partial charge in [0.1, 0.15) is 12.3 Å². The number of hydrazine groups is 1. The predicted molar refractivity (Wildman–Crippen MR) is 93.6 cm³/mol. The van der Waals surface area contributed by atoms with Crippen molar-refractivity contribution >= 4 is 17.9 Å². The third-order valence-corrected chi connectivity index (χ3v) is 3.17. The normalized spacial score (nSPS) is 10.4.